The maximum absolute atomic E-state index is 12.5. The van der Waals surface area contributed by atoms with E-state index in [1.807, 2.05) is 0 Å². The Morgan fingerprint density at radius 3 is 2.15 bits per heavy atom. The first-order valence-electron chi connectivity index (χ1n) is 8.29. The molecule has 0 radical (unpaired) electrons. The molecule has 0 aromatic rings. The summed E-state index contributed by atoms with van der Waals surface area (Å²) in [6.07, 6.45) is 8.46. The van der Waals surface area contributed by atoms with E-state index in [0.717, 1.165) is 57.3 Å². The molecule has 3 nitrogen and oxygen atoms in total. The fourth-order valence-corrected chi connectivity index (χ4v) is 3.96. The Balaban J connectivity index is 1.86. The lowest BCUT2D eigenvalue weighted by molar-refractivity contribution is -0.129. The van der Waals surface area contributed by atoms with E-state index in [4.69, 9.17) is 0 Å². The summed E-state index contributed by atoms with van der Waals surface area (Å²) in [6, 6.07) is 0. The number of aliphatic hydroxyl groups excluding tert-OH is 1. The van der Waals surface area contributed by atoms with Crippen molar-refractivity contribution < 1.29 is 9.90 Å². The van der Waals surface area contributed by atoms with Crippen molar-refractivity contribution in [1.29, 1.82) is 0 Å². The van der Waals surface area contributed by atoms with E-state index >= 15 is 0 Å². The van der Waals surface area contributed by atoms with Crippen molar-refractivity contribution in [2.75, 3.05) is 6.61 Å². The second-order valence-corrected chi connectivity index (χ2v) is 8.05. The highest BCUT2D eigenvalue weighted by atomic mass is 16.3. The fourth-order valence-electron chi connectivity index (χ4n) is 3.96. The average Bonchev–Trinajstić information content (AvgIpc) is 2.87. The molecule has 0 aromatic carbocycles. The van der Waals surface area contributed by atoms with Crippen molar-refractivity contribution >= 4 is 5.91 Å². The summed E-state index contributed by atoms with van der Waals surface area (Å²) in [5.74, 6) is 1.09. The molecule has 2 saturated carbocycles. The Kier molecular flexibility index (Phi) is 4.78. The number of carbonyl (C=O) groups is 1. The van der Waals surface area contributed by atoms with Crippen molar-refractivity contribution in [3.05, 3.63) is 0 Å². The highest BCUT2D eigenvalue weighted by Crippen LogP contribution is 2.40. The molecule has 0 spiro atoms. The molecule has 0 bridgehead atoms. The van der Waals surface area contributed by atoms with E-state index in [1.54, 1.807) is 0 Å². The van der Waals surface area contributed by atoms with E-state index in [2.05, 4.69) is 26.1 Å². The quantitative estimate of drug-likeness (QED) is 0.834. The third-order valence-electron chi connectivity index (χ3n) is 5.57. The van der Waals surface area contributed by atoms with Gasteiger partial charge in [-0.3, -0.25) is 4.79 Å². The Hall–Kier alpha value is -0.570. The molecule has 0 unspecified atom stereocenters. The zero-order valence-corrected chi connectivity index (χ0v) is 13.4. The van der Waals surface area contributed by atoms with Crippen molar-refractivity contribution in [3.8, 4) is 0 Å². The molecular formula is C17H31NO2. The molecule has 0 aliphatic heterocycles. The molecule has 2 N–H and O–H groups in total. The molecule has 20 heavy (non-hydrogen) atoms. The van der Waals surface area contributed by atoms with E-state index < -0.39 is 0 Å². The number of aliphatic hydroxyl groups is 1. The predicted octanol–water partition coefficient (Wildman–Crippen LogP) is 3.26. The molecule has 0 aromatic heterocycles. The summed E-state index contributed by atoms with van der Waals surface area (Å²) in [5, 5.41) is 12.8. The third-order valence-corrected chi connectivity index (χ3v) is 5.57. The van der Waals surface area contributed by atoms with Crippen LogP contribution in [-0.4, -0.2) is 23.2 Å². The van der Waals surface area contributed by atoms with Crippen molar-refractivity contribution in [2.24, 2.45) is 17.3 Å². The molecule has 2 aliphatic rings. The van der Waals surface area contributed by atoms with Crippen LogP contribution in [0.2, 0.25) is 0 Å². The fraction of sp³-hybridized carbons (Fsp3) is 0.941. The van der Waals surface area contributed by atoms with Gasteiger partial charge in [-0.15, -0.1) is 0 Å². The maximum Gasteiger partial charge on any atom is 0.223 e. The van der Waals surface area contributed by atoms with Gasteiger partial charge in [0.05, 0.1) is 12.1 Å². The van der Waals surface area contributed by atoms with Crippen LogP contribution >= 0.6 is 0 Å². The summed E-state index contributed by atoms with van der Waals surface area (Å²) in [4.78, 5) is 12.5. The number of hydrogen-bond donors (Lipinski definition) is 2. The van der Waals surface area contributed by atoms with Gasteiger partial charge in [0.25, 0.3) is 0 Å². The first kappa shape index (κ1) is 15.8. The van der Waals surface area contributed by atoms with Crippen molar-refractivity contribution in [1.82, 2.24) is 5.32 Å². The van der Waals surface area contributed by atoms with E-state index in [9.17, 15) is 9.90 Å². The molecule has 2 rings (SSSR count). The molecule has 1 amide bonds. The summed E-state index contributed by atoms with van der Waals surface area (Å²) >= 11 is 0. The highest BCUT2D eigenvalue weighted by Gasteiger charge is 2.38. The first-order chi connectivity index (χ1) is 9.36. The number of carbonyl (C=O) groups excluding carboxylic acids is 1. The third kappa shape index (κ3) is 3.55. The monoisotopic (exact) mass is 281 g/mol. The summed E-state index contributed by atoms with van der Waals surface area (Å²) in [5.41, 5.74) is 0.0528. The molecule has 2 aliphatic carbocycles. The standard InChI is InChI=1S/C17H31NO2/c1-16(2,3)14-8-6-13(7-9-14)15(20)18-17(12-19)10-4-5-11-17/h13-14,19H,4-12H2,1-3H3,(H,18,20). The SMILES string of the molecule is CC(C)(C)C1CCC(C(=O)NC2(CO)CCCC2)CC1. The van der Waals surface area contributed by atoms with Gasteiger partial charge in [0.1, 0.15) is 0 Å². The summed E-state index contributed by atoms with van der Waals surface area (Å²) in [6.45, 7) is 7.00. The van der Waals surface area contributed by atoms with Crippen LogP contribution in [-0.2, 0) is 4.79 Å². The van der Waals surface area contributed by atoms with E-state index in [-0.39, 0.29) is 24.0 Å². The van der Waals surface area contributed by atoms with Crippen LogP contribution in [0.4, 0.5) is 0 Å². The lowest BCUT2D eigenvalue weighted by Crippen LogP contribution is -2.51. The van der Waals surface area contributed by atoms with Gasteiger partial charge < -0.3 is 10.4 Å². The lowest BCUT2D eigenvalue weighted by atomic mass is 9.69. The Morgan fingerprint density at radius 2 is 1.70 bits per heavy atom. The predicted molar refractivity (Wildman–Crippen MR) is 81.3 cm³/mol. The normalized spacial score (nSPS) is 30.2. The van der Waals surface area contributed by atoms with Crippen LogP contribution < -0.4 is 5.32 Å². The largest absolute Gasteiger partial charge is 0.394 e. The molecular weight excluding hydrogens is 250 g/mol. The smallest absolute Gasteiger partial charge is 0.223 e. The van der Waals surface area contributed by atoms with Crippen LogP contribution in [0, 0.1) is 17.3 Å². The molecule has 0 saturated heterocycles. The van der Waals surface area contributed by atoms with Gasteiger partial charge in [0.2, 0.25) is 5.91 Å². The zero-order chi connectivity index (χ0) is 14.8. The first-order valence-corrected chi connectivity index (χ1v) is 8.29. The van der Waals surface area contributed by atoms with Gasteiger partial charge in [-0.25, -0.2) is 0 Å². The van der Waals surface area contributed by atoms with Crippen LogP contribution in [0.5, 0.6) is 0 Å². The molecule has 3 heteroatoms. The van der Waals surface area contributed by atoms with Gasteiger partial charge in [0.15, 0.2) is 0 Å². The summed E-state index contributed by atoms with van der Waals surface area (Å²) in [7, 11) is 0. The lowest BCUT2D eigenvalue weighted by Gasteiger charge is -2.38. The van der Waals surface area contributed by atoms with Crippen molar-refractivity contribution in [2.45, 2.75) is 77.7 Å². The maximum atomic E-state index is 12.5. The van der Waals surface area contributed by atoms with Crippen LogP contribution in [0.25, 0.3) is 0 Å². The minimum absolute atomic E-state index is 0.0933. The van der Waals surface area contributed by atoms with Gasteiger partial charge >= 0.3 is 0 Å². The topological polar surface area (TPSA) is 49.3 Å². The Morgan fingerprint density at radius 1 is 1.15 bits per heavy atom. The minimum Gasteiger partial charge on any atom is -0.394 e. The van der Waals surface area contributed by atoms with Crippen LogP contribution in [0.1, 0.15) is 72.1 Å². The van der Waals surface area contributed by atoms with Gasteiger partial charge in [-0.2, -0.15) is 0 Å². The van der Waals surface area contributed by atoms with Crippen molar-refractivity contribution in [3.63, 3.8) is 0 Å². The Bertz CT molecular complexity index is 331. The summed E-state index contributed by atoms with van der Waals surface area (Å²) < 4.78 is 0. The average molecular weight is 281 g/mol. The van der Waals surface area contributed by atoms with E-state index in [0.29, 0.717) is 5.41 Å². The number of hydrogen-bond acceptors (Lipinski definition) is 2. The highest BCUT2D eigenvalue weighted by molar-refractivity contribution is 5.79. The molecule has 116 valence electrons. The zero-order valence-electron chi connectivity index (χ0n) is 13.4. The Labute approximate surface area is 123 Å². The van der Waals surface area contributed by atoms with Gasteiger partial charge in [-0.05, 0) is 49.9 Å². The van der Waals surface area contributed by atoms with Crippen LogP contribution in [0.3, 0.4) is 0 Å². The van der Waals surface area contributed by atoms with Gasteiger partial charge in [0, 0.05) is 5.92 Å². The van der Waals surface area contributed by atoms with E-state index in [1.165, 1.54) is 0 Å². The molecule has 2 fully saturated rings. The number of rotatable bonds is 3. The number of nitrogens with one attached hydrogen (secondary N) is 1. The second-order valence-electron chi connectivity index (χ2n) is 8.05. The van der Waals surface area contributed by atoms with Gasteiger partial charge in [-0.1, -0.05) is 33.6 Å². The minimum atomic E-state index is -0.308. The molecule has 0 heterocycles. The van der Waals surface area contributed by atoms with Crippen LogP contribution in [0.15, 0.2) is 0 Å². The second kappa shape index (κ2) is 6.05. The molecule has 0 atom stereocenters. The number of amides is 1.